The first kappa shape index (κ1) is 15.2. The van der Waals surface area contributed by atoms with E-state index in [0.717, 1.165) is 11.8 Å². The van der Waals surface area contributed by atoms with E-state index in [2.05, 4.69) is 10.1 Å². The molecule has 6 nitrogen and oxygen atoms in total. The van der Waals surface area contributed by atoms with Crippen LogP contribution in [0.5, 0.6) is 0 Å². The van der Waals surface area contributed by atoms with Gasteiger partial charge in [0, 0.05) is 24.4 Å². The Bertz CT molecular complexity index is 619. The number of aliphatic hydroxyl groups is 2. The van der Waals surface area contributed by atoms with Crippen LogP contribution in [-0.4, -0.2) is 41.8 Å². The van der Waals surface area contributed by atoms with E-state index in [4.69, 9.17) is 11.6 Å². The number of carbonyl (C=O) groups excluding carboxylic acids is 1. The van der Waals surface area contributed by atoms with E-state index in [9.17, 15) is 15.0 Å². The molecule has 0 saturated carbocycles. The van der Waals surface area contributed by atoms with Crippen LogP contribution in [0.25, 0.3) is 5.65 Å². The molecule has 0 amide bonds. The predicted molar refractivity (Wildman–Crippen MR) is 76.7 cm³/mol. The zero-order valence-corrected chi connectivity index (χ0v) is 12.3. The molecule has 20 heavy (non-hydrogen) atoms. The standard InChI is InChI=1S/C12H14ClN3O3S/c1-7(17)20-5-3-9(18)11(19)8-6-14-16-4-2-10(13)15-12(8)16/h2,4,6,9,11,18-19H,3,5H2,1H3. The Balaban J connectivity index is 2.12. The molecule has 2 N–H and O–H groups in total. The van der Waals surface area contributed by atoms with Crippen LogP contribution in [0.2, 0.25) is 5.15 Å². The number of rotatable bonds is 5. The summed E-state index contributed by atoms with van der Waals surface area (Å²) in [5.41, 5.74) is 0.816. The second-order valence-electron chi connectivity index (χ2n) is 4.26. The fraction of sp³-hybridized carbons (Fsp3) is 0.417. The van der Waals surface area contributed by atoms with Gasteiger partial charge in [-0.1, -0.05) is 23.4 Å². The first-order valence-electron chi connectivity index (χ1n) is 5.98. The minimum Gasteiger partial charge on any atom is -0.390 e. The van der Waals surface area contributed by atoms with Crippen molar-refractivity contribution < 1.29 is 15.0 Å². The SMILES string of the molecule is CC(=O)SCCC(O)C(O)c1cnn2ccc(Cl)nc12. The van der Waals surface area contributed by atoms with E-state index in [1.54, 1.807) is 12.3 Å². The molecule has 0 fully saturated rings. The molecule has 0 aliphatic carbocycles. The summed E-state index contributed by atoms with van der Waals surface area (Å²) in [7, 11) is 0. The molecule has 2 atom stereocenters. The number of fused-ring (bicyclic) bond motifs is 1. The lowest BCUT2D eigenvalue weighted by Gasteiger charge is -2.16. The van der Waals surface area contributed by atoms with E-state index in [-0.39, 0.29) is 10.3 Å². The zero-order chi connectivity index (χ0) is 14.7. The van der Waals surface area contributed by atoms with Gasteiger partial charge in [-0.3, -0.25) is 4.79 Å². The maximum absolute atomic E-state index is 10.8. The number of carbonyl (C=O) groups is 1. The smallest absolute Gasteiger partial charge is 0.185 e. The topological polar surface area (TPSA) is 87.7 Å². The third-order valence-corrected chi connectivity index (χ3v) is 3.82. The third kappa shape index (κ3) is 3.49. The second kappa shape index (κ2) is 6.53. The molecule has 2 aromatic heterocycles. The molecule has 0 spiro atoms. The zero-order valence-electron chi connectivity index (χ0n) is 10.7. The lowest BCUT2D eigenvalue weighted by molar-refractivity contribution is -0.109. The highest BCUT2D eigenvalue weighted by Gasteiger charge is 2.22. The van der Waals surface area contributed by atoms with Gasteiger partial charge in [-0.05, 0) is 12.5 Å². The van der Waals surface area contributed by atoms with E-state index in [0.29, 0.717) is 23.4 Å². The quantitative estimate of drug-likeness (QED) is 0.812. The van der Waals surface area contributed by atoms with E-state index >= 15 is 0 Å². The van der Waals surface area contributed by atoms with Crippen molar-refractivity contribution in [3.8, 4) is 0 Å². The van der Waals surface area contributed by atoms with E-state index in [1.165, 1.54) is 17.6 Å². The van der Waals surface area contributed by atoms with Crippen molar-refractivity contribution in [1.82, 2.24) is 14.6 Å². The van der Waals surface area contributed by atoms with Crippen LogP contribution < -0.4 is 0 Å². The molecule has 0 aliphatic heterocycles. The van der Waals surface area contributed by atoms with Gasteiger partial charge in [0.15, 0.2) is 10.8 Å². The summed E-state index contributed by atoms with van der Waals surface area (Å²) in [4.78, 5) is 14.9. The summed E-state index contributed by atoms with van der Waals surface area (Å²) in [6.45, 7) is 1.46. The first-order chi connectivity index (χ1) is 9.49. The molecule has 0 aliphatic rings. The minimum absolute atomic E-state index is 0.0175. The van der Waals surface area contributed by atoms with Crippen molar-refractivity contribution in [1.29, 1.82) is 0 Å². The van der Waals surface area contributed by atoms with Gasteiger partial charge < -0.3 is 10.2 Å². The Morgan fingerprint density at radius 2 is 2.30 bits per heavy atom. The molecular weight excluding hydrogens is 302 g/mol. The van der Waals surface area contributed by atoms with Crippen molar-refractivity contribution in [3.63, 3.8) is 0 Å². The Hall–Kier alpha value is -1.15. The lowest BCUT2D eigenvalue weighted by atomic mass is 10.1. The van der Waals surface area contributed by atoms with E-state index < -0.39 is 12.2 Å². The van der Waals surface area contributed by atoms with Crippen molar-refractivity contribution in [3.05, 3.63) is 29.2 Å². The molecule has 2 aromatic rings. The summed E-state index contributed by atoms with van der Waals surface area (Å²) in [6, 6.07) is 1.58. The van der Waals surface area contributed by atoms with Crippen molar-refractivity contribution in [2.45, 2.75) is 25.6 Å². The average Bonchev–Trinajstić information content (AvgIpc) is 2.80. The lowest BCUT2D eigenvalue weighted by Crippen LogP contribution is -2.19. The van der Waals surface area contributed by atoms with Crippen molar-refractivity contribution in [2.24, 2.45) is 0 Å². The number of halogens is 1. The Labute approximate surface area is 124 Å². The molecule has 0 radical (unpaired) electrons. The highest BCUT2D eigenvalue weighted by Crippen LogP contribution is 2.24. The highest BCUT2D eigenvalue weighted by molar-refractivity contribution is 8.13. The van der Waals surface area contributed by atoms with Crippen LogP contribution in [0.3, 0.4) is 0 Å². The molecule has 108 valence electrons. The third-order valence-electron chi connectivity index (χ3n) is 2.76. The van der Waals surface area contributed by atoms with Crippen LogP contribution >= 0.6 is 23.4 Å². The van der Waals surface area contributed by atoms with Crippen LogP contribution in [-0.2, 0) is 4.79 Å². The summed E-state index contributed by atoms with van der Waals surface area (Å²) in [5.74, 6) is 0.445. The molecule has 0 saturated heterocycles. The number of thioether (sulfide) groups is 1. The maximum atomic E-state index is 10.8. The molecule has 2 unspecified atom stereocenters. The second-order valence-corrected chi connectivity index (χ2v) is 5.92. The number of aromatic nitrogens is 3. The first-order valence-corrected chi connectivity index (χ1v) is 7.34. The molecule has 8 heteroatoms. The van der Waals surface area contributed by atoms with Gasteiger partial charge in [-0.25, -0.2) is 9.50 Å². The number of hydrogen-bond donors (Lipinski definition) is 2. The normalized spacial score (nSPS) is 14.4. The van der Waals surface area contributed by atoms with Gasteiger partial charge in [-0.2, -0.15) is 5.10 Å². The van der Waals surface area contributed by atoms with Crippen LogP contribution in [0.1, 0.15) is 25.0 Å². The molecule has 2 heterocycles. The predicted octanol–water partition coefficient (Wildman–Crippen LogP) is 1.45. The molecule has 2 rings (SSSR count). The van der Waals surface area contributed by atoms with Gasteiger partial charge >= 0.3 is 0 Å². The largest absolute Gasteiger partial charge is 0.390 e. The minimum atomic E-state index is -1.12. The fourth-order valence-electron chi connectivity index (χ4n) is 1.76. The van der Waals surface area contributed by atoms with Gasteiger partial charge in [0.1, 0.15) is 11.3 Å². The Morgan fingerprint density at radius 1 is 1.55 bits per heavy atom. The summed E-state index contributed by atoms with van der Waals surface area (Å²) < 4.78 is 1.47. The number of aliphatic hydroxyl groups excluding tert-OH is 2. The van der Waals surface area contributed by atoms with Gasteiger partial charge in [0.25, 0.3) is 0 Å². The van der Waals surface area contributed by atoms with Crippen molar-refractivity contribution >= 4 is 34.1 Å². The molecule has 0 aromatic carbocycles. The monoisotopic (exact) mass is 315 g/mol. The fourth-order valence-corrected chi connectivity index (χ4v) is 2.54. The van der Waals surface area contributed by atoms with Crippen molar-refractivity contribution in [2.75, 3.05) is 5.75 Å². The molecule has 0 bridgehead atoms. The molecular formula is C12H14ClN3O3S. The number of hydrogen-bond acceptors (Lipinski definition) is 6. The Morgan fingerprint density at radius 3 is 3.00 bits per heavy atom. The van der Waals surface area contributed by atoms with Crippen LogP contribution in [0.15, 0.2) is 18.5 Å². The maximum Gasteiger partial charge on any atom is 0.185 e. The highest BCUT2D eigenvalue weighted by atomic mass is 35.5. The van der Waals surface area contributed by atoms with Crippen LogP contribution in [0.4, 0.5) is 0 Å². The van der Waals surface area contributed by atoms with Gasteiger partial charge in [-0.15, -0.1) is 0 Å². The van der Waals surface area contributed by atoms with E-state index in [1.807, 2.05) is 0 Å². The number of nitrogens with zero attached hydrogens (tertiary/aromatic N) is 3. The summed E-state index contributed by atoms with van der Waals surface area (Å²) in [6.07, 6.45) is 1.26. The summed E-state index contributed by atoms with van der Waals surface area (Å²) >= 11 is 6.93. The van der Waals surface area contributed by atoms with Gasteiger partial charge in [0.05, 0.1) is 12.3 Å². The van der Waals surface area contributed by atoms with Crippen LogP contribution in [0, 0.1) is 0 Å². The van der Waals surface area contributed by atoms with Gasteiger partial charge in [0.2, 0.25) is 0 Å². The average molecular weight is 316 g/mol. The Kier molecular flexibility index (Phi) is 4.98. The summed E-state index contributed by atoms with van der Waals surface area (Å²) in [5, 5.41) is 24.4.